The van der Waals surface area contributed by atoms with Crippen LogP contribution in [-0.4, -0.2) is 42.9 Å². The Balaban J connectivity index is 1.52. The normalized spacial score (nSPS) is 14.9. The van der Waals surface area contributed by atoms with Gasteiger partial charge in [0, 0.05) is 36.1 Å². The summed E-state index contributed by atoms with van der Waals surface area (Å²) >= 11 is 13.5. The number of carbonyl (C=O) groups is 1. The van der Waals surface area contributed by atoms with Gasteiger partial charge in [-0.2, -0.15) is 0 Å². The highest BCUT2D eigenvalue weighted by Gasteiger charge is 2.13. The average molecular weight is 425 g/mol. The van der Waals surface area contributed by atoms with Crippen LogP contribution in [0.2, 0.25) is 10.0 Å². The Hall–Kier alpha value is -1.24. The molecule has 7 heteroatoms. The number of nitrogens with one attached hydrogen (secondary N) is 1. The van der Waals surface area contributed by atoms with E-state index in [4.69, 9.17) is 27.9 Å². The van der Waals surface area contributed by atoms with Gasteiger partial charge in [-0.3, -0.25) is 9.69 Å². The lowest BCUT2D eigenvalue weighted by molar-refractivity contribution is -0.118. The lowest BCUT2D eigenvalue weighted by Gasteiger charge is -2.27. The second kappa shape index (κ2) is 10.3. The molecule has 1 aliphatic rings. The van der Waals surface area contributed by atoms with Gasteiger partial charge in [0.05, 0.1) is 24.0 Å². The number of carbonyl (C=O) groups excluding carboxylic acids is 1. The summed E-state index contributed by atoms with van der Waals surface area (Å²) < 4.78 is 5.41. The van der Waals surface area contributed by atoms with Gasteiger partial charge >= 0.3 is 0 Å². The van der Waals surface area contributed by atoms with Crippen molar-refractivity contribution in [1.29, 1.82) is 0 Å². The molecule has 3 rings (SSSR count). The van der Waals surface area contributed by atoms with E-state index in [0.29, 0.717) is 22.3 Å². The highest BCUT2D eigenvalue weighted by atomic mass is 35.5. The molecule has 0 unspecified atom stereocenters. The highest BCUT2D eigenvalue weighted by molar-refractivity contribution is 8.00. The smallest absolute Gasteiger partial charge is 0.230 e. The van der Waals surface area contributed by atoms with Gasteiger partial charge in [0.15, 0.2) is 0 Å². The van der Waals surface area contributed by atoms with Gasteiger partial charge in [-0.25, -0.2) is 0 Å². The maximum absolute atomic E-state index is 12.3. The van der Waals surface area contributed by atoms with Crippen molar-refractivity contribution in [2.24, 2.45) is 0 Å². The zero-order chi connectivity index (χ0) is 19.1. The van der Waals surface area contributed by atoms with Crippen molar-refractivity contribution >= 4 is 40.9 Å². The van der Waals surface area contributed by atoms with Crippen molar-refractivity contribution in [1.82, 2.24) is 10.2 Å². The first-order valence-corrected chi connectivity index (χ1v) is 10.6. The number of halogens is 2. The molecule has 0 bridgehead atoms. The first-order valence-electron chi connectivity index (χ1n) is 8.83. The van der Waals surface area contributed by atoms with Crippen LogP contribution in [0.1, 0.15) is 11.1 Å². The third kappa shape index (κ3) is 6.40. The monoisotopic (exact) mass is 424 g/mol. The minimum atomic E-state index is -0.0304. The zero-order valence-electron chi connectivity index (χ0n) is 14.9. The number of ether oxygens (including phenoxy) is 1. The minimum Gasteiger partial charge on any atom is -0.379 e. The van der Waals surface area contributed by atoms with Gasteiger partial charge in [0.2, 0.25) is 5.91 Å². The van der Waals surface area contributed by atoms with Gasteiger partial charge in [0.25, 0.3) is 0 Å². The van der Waals surface area contributed by atoms with Crippen molar-refractivity contribution in [2.75, 3.05) is 32.1 Å². The summed E-state index contributed by atoms with van der Waals surface area (Å²) in [6.45, 7) is 4.84. The van der Waals surface area contributed by atoms with E-state index in [-0.39, 0.29) is 5.91 Å². The van der Waals surface area contributed by atoms with E-state index in [1.54, 1.807) is 18.2 Å². The summed E-state index contributed by atoms with van der Waals surface area (Å²) in [6.07, 6.45) is 0. The van der Waals surface area contributed by atoms with Gasteiger partial charge in [-0.15, -0.1) is 11.8 Å². The Kier molecular flexibility index (Phi) is 7.85. The van der Waals surface area contributed by atoms with Crippen LogP contribution in [0.3, 0.4) is 0 Å². The van der Waals surface area contributed by atoms with Gasteiger partial charge in [0.1, 0.15) is 0 Å². The van der Waals surface area contributed by atoms with Crippen LogP contribution in [0.5, 0.6) is 0 Å². The second-order valence-corrected chi connectivity index (χ2v) is 8.16. The van der Waals surface area contributed by atoms with Crippen LogP contribution in [0, 0.1) is 0 Å². The maximum atomic E-state index is 12.3. The number of amides is 1. The fraction of sp³-hybridized carbons (Fsp3) is 0.350. The number of hydrogen-bond donors (Lipinski definition) is 1. The van der Waals surface area contributed by atoms with Crippen LogP contribution in [0.4, 0.5) is 0 Å². The van der Waals surface area contributed by atoms with Crippen LogP contribution in [0.15, 0.2) is 47.4 Å². The van der Waals surface area contributed by atoms with E-state index >= 15 is 0 Å². The molecule has 1 saturated heterocycles. The third-order valence-electron chi connectivity index (χ3n) is 4.34. The van der Waals surface area contributed by atoms with Crippen molar-refractivity contribution in [3.05, 3.63) is 63.6 Å². The molecule has 0 aliphatic carbocycles. The summed E-state index contributed by atoms with van der Waals surface area (Å²) in [5.74, 6) is 0.267. The molecule has 0 atom stereocenters. The maximum Gasteiger partial charge on any atom is 0.230 e. The van der Waals surface area contributed by atoms with Crippen LogP contribution in [-0.2, 0) is 22.6 Å². The summed E-state index contributed by atoms with van der Waals surface area (Å²) in [5, 5.41) is 4.22. The molecule has 0 aromatic heterocycles. The topological polar surface area (TPSA) is 41.6 Å². The van der Waals surface area contributed by atoms with E-state index in [2.05, 4.69) is 22.3 Å². The van der Waals surface area contributed by atoms with E-state index in [0.717, 1.165) is 43.3 Å². The minimum absolute atomic E-state index is 0.0304. The van der Waals surface area contributed by atoms with Crippen molar-refractivity contribution < 1.29 is 9.53 Å². The molecule has 1 amide bonds. The molecule has 27 heavy (non-hydrogen) atoms. The Morgan fingerprint density at radius 1 is 1.11 bits per heavy atom. The van der Waals surface area contributed by atoms with E-state index in [1.807, 2.05) is 12.1 Å². The van der Waals surface area contributed by atoms with E-state index in [1.165, 1.54) is 17.3 Å². The largest absolute Gasteiger partial charge is 0.379 e. The Morgan fingerprint density at radius 2 is 1.85 bits per heavy atom. The molecular weight excluding hydrogens is 403 g/mol. The Labute approximate surface area is 174 Å². The zero-order valence-corrected chi connectivity index (χ0v) is 17.2. The molecule has 4 nitrogen and oxygen atoms in total. The molecule has 2 aromatic carbocycles. The number of rotatable bonds is 7. The lowest BCUT2D eigenvalue weighted by atomic mass is 10.1. The molecular formula is C20H22Cl2N2O2S. The molecule has 0 spiro atoms. The molecule has 1 heterocycles. The van der Waals surface area contributed by atoms with Crippen molar-refractivity contribution in [3.8, 4) is 0 Å². The van der Waals surface area contributed by atoms with Crippen LogP contribution in [0.25, 0.3) is 0 Å². The van der Waals surface area contributed by atoms with Gasteiger partial charge in [-0.1, -0.05) is 47.5 Å². The average Bonchev–Trinajstić information content (AvgIpc) is 2.69. The van der Waals surface area contributed by atoms with Crippen LogP contribution < -0.4 is 5.32 Å². The molecule has 2 aromatic rings. The molecule has 0 radical (unpaired) electrons. The first kappa shape index (κ1) is 20.5. The molecule has 1 aliphatic heterocycles. The van der Waals surface area contributed by atoms with Gasteiger partial charge in [-0.05, 0) is 29.3 Å². The molecule has 1 fully saturated rings. The first-order chi connectivity index (χ1) is 13.1. The number of thioether (sulfide) groups is 1. The number of hydrogen-bond acceptors (Lipinski definition) is 4. The Bertz CT molecular complexity index is 782. The number of benzene rings is 2. The third-order valence-corrected chi connectivity index (χ3v) is 6.08. The lowest BCUT2D eigenvalue weighted by Crippen LogP contribution is -2.36. The number of nitrogens with zero attached hydrogens (tertiary/aromatic N) is 1. The fourth-order valence-electron chi connectivity index (χ4n) is 2.86. The van der Waals surface area contributed by atoms with Gasteiger partial charge < -0.3 is 10.1 Å². The van der Waals surface area contributed by atoms with Crippen molar-refractivity contribution in [3.63, 3.8) is 0 Å². The summed E-state index contributed by atoms with van der Waals surface area (Å²) in [4.78, 5) is 15.4. The summed E-state index contributed by atoms with van der Waals surface area (Å²) in [6, 6.07) is 13.5. The summed E-state index contributed by atoms with van der Waals surface area (Å²) in [7, 11) is 0. The predicted octanol–water partition coefficient (Wildman–Crippen LogP) is 4.23. The molecule has 144 valence electrons. The second-order valence-electron chi connectivity index (χ2n) is 6.30. The quantitative estimate of drug-likeness (QED) is 0.674. The number of morpholine rings is 1. The highest BCUT2D eigenvalue weighted by Crippen LogP contribution is 2.29. The van der Waals surface area contributed by atoms with Crippen LogP contribution >= 0.6 is 35.0 Å². The molecule has 0 saturated carbocycles. The van der Waals surface area contributed by atoms with E-state index in [9.17, 15) is 4.79 Å². The SMILES string of the molecule is O=C(CSc1cc(Cl)ccc1Cl)NCc1ccccc1CN1CCOCC1. The fourth-order valence-corrected chi connectivity index (χ4v) is 4.18. The van der Waals surface area contributed by atoms with Crippen molar-refractivity contribution in [2.45, 2.75) is 18.0 Å². The van der Waals surface area contributed by atoms with E-state index < -0.39 is 0 Å². The summed E-state index contributed by atoms with van der Waals surface area (Å²) in [5.41, 5.74) is 2.38. The molecule has 1 N–H and O–H groups in total. The standard InChI is InChI=1S/C20H22Cl2N2O2S/c21-17-5-6-18(22)19(11-17)27-14-20(25)23-12-15-3-1-2-4-16(15)13-24-7-9-26-10-8-24/h1-6,11H,7-10,12-14H2,(H,23,25). The Morgan fingerprint density at radius 3 is 2.63 bits per heavy atom. The predicted molar refractivity (Wildman–Crippen MR) is 112 cm³/mol.